The molecule has 1 atom stereocenters. The van der Waals surface area contributed by atoms with Gasteiger partial charge in [-0.1, -0.05) is 0 Å². The topological polar surface area (TPSA) is 29.3 Å². The third kappa shape index (κ3) is 2.62. The van der Waals surface area contributed by atoms with Crippen molar-refractivity contribution < 1.29 is 4.39 Å². The van der Waals surface area contributed by atoms with Gasteiger partial charge in [-0.25, -0.2) is 0 Å². The van der Waals surface area contributed by atoms with Crippen molar-refractivity contribution in [3.8, 4) is 0 Å². The summed E-state index contributed by atoms with van der Waals surface area (Å²) in [4.78, 5) is 3.47. The summed E-state index contributed by atoms with van der Waals surface area (Å²) in [6.45, 7) is 2.96. The fourth-order valence-electron chi connectivity index (χ4n) is 2.51. The molecule has 0 spiro atoms. The summed E-state index contributed by atoms with van der Waals surface area (Å²) in [7, 11) is 2.14. The molecule has 4 heteroatoms. The van der Waals surface area contributed by atoms with Crippen LogP contribution in [0.5, 0.6) is 0 Å². The van der Waals surface area contributed by atoms with Gasteiger partial charge >= 0.3 is 0 Å². The Morgan fingerprint density at radius 3 is 2.88 bits per heavy atom. The molecule has 1 aliphatic heterocycles. The highest BCUT2D eigenvalue weighted by Gasteiger charge is 2.34. The zero-order valence-electron chi connectivity index (χ0n) is 9.71. The van der Waals surface area contributed by atoms with Crippen molar-refractivity contribution in [3.63, 3.8) is 0 Å². The fourth-order valence-corrected chi connectivity index (χ4v) is 3.23. The monoisotopic (exact) mass is 242 g/mol. The van der Waals surface area contributed by atoms with Gasteiger partial charge in [0.1, 0.15) is 0 Å². The quantitative estimate of drug-likeness (QED) is 0.876. The minimum Gasteiger partial charge on any atom is -0.330 e. The predicted octanol–water partition coefficient (Wildman–Crippen LogP) is 2.10. The molecule has 2 rings (SSSR count). The first-order valence-electron chi connectivity index (χ1n) is 5.76. The van der Waals surface area contributed by atoms with E-state index in [0.717, 1.165) is 37.4 Å². The van der Waals surface area contributed by atoms with E-state index in [0.29, 0.717) is 0 Å². The Kier molecular flexibility index (Phi) is 3.62. The van der Waals surface area contributed by atoms with Crippen molar-refractivity contribution in [1.82, 2.24) is 4.90 Å². The minimum absolute atomic E-state index is 0.0830. The highest BCUT2D eigenvalue weighted by molar-refractivity contribution is 7.10. The van der Waals surface area contributed by atoms with E-state index in [2.05, 4.69) is 11.9 Å². The maximum absolute atomic E-state index is 12.9. The van der Waals surface area contributed by atoms with Crippen molar-refractivity contribution in [1.29, 1.82) is 0 Å². The number of nitrogens with zero attached hydrogens (tertiary/aromatic N) is 1. The van der Waals surface area contributed by atoms with E-state index in [9.17, 15) is 4.39 Å². The minimum atomic E-state index is -0.0830. The molecule has 0 aliphatic carbocycles. The number of rotatable bonds is 4. The molecular weight excluding hydrogens is 223 g/mol. The SMILES string of the molecule is CN1CCC(CN)(CCc2ccc(F)s2)C1. The average Bonchev–Trinajstić information content (AvgIpc) is 2.83. The molecule has 16 heavy (non-hydrogen) atoms. The van der Waals surface area contributed by atoms with Gasteiger partial charge in [-0.05, 0) is 56.9 Å². The van der Waals surface area contributed by atoms with Crippen LogP contribution in [0.1, 0.15) is 17.7 Å². The van der Waals surface area contributed by atoms with E-state index >= 15 is 0 Å². The normalized spacial score (nSPS) is 26.4. The first-order valence-corrected chi connectivity index (χ1v) is 6.58. The van der Waals surface area contributed by atoms with Gasteiger partial charge in [0.15, 0.2) is 5.13 Å². The van der Waals surface area contributed by atoms with E-state index in [4.69, 9.17) is 5.73 Å². The van der Waals surface area contributed by atoms with Gasteiger partial charge in [0.25, 0.3) is 0 Å². The Morgan fingerprint density at radius 2 is 2.38 bits per heavy atom. The van der Waals surface area contributed by atoms with E-state index in [1.54, 1.807) is 6.07 Å². The zero-order valence-corrected chi connectivity index (χ0v) is 10.5. The van der Waals surface area contributed by atoms with Gasteiger partial charge in [-0.3, -0.25) is 0 Å². The molecule has 1 saturated heterocycles. The van der Waals surface area contributed by atoms with E-state index in [-0.39, 0.29) is 10.5 Å². The molecule has 1 aliphatic rings. The molecule has 0 amide bonds. The molecule has 1 unspecified atom stereocenters. The van der Waals surface area contributed by atoms with Gasteiger partial charge in [0, 0.05) is 11.4 Å². The Balaban J connectivity index is 1.93. The Hall–Kier alpha value is -0.450. The molecular formula is C12H19FN2S. The lowest BCUT2D eigenvalue weighted by molar-refractivity contribution is 0.271. The number of likely N-dealkylation sites (tertiary alicyclic amines) is 1. The standard InChI is InChI=1S/C12H19FN2S/c1-15-7-6-12(8-14,9-15)5-4-10-2-3-11(13)16-10/h2-3H,4-9,14H2,1H3. The van der Waals surface area contributed by atoms with Crippen molar-refractivity contribution in [2.24, 2.45) is 11.1 Å². The first-order chi connectivity index (χ1) is 7.63. The number of halogens is 1. The molecule has 2 N–H and O–H groups in total. The third-order valence-corrected chi connectivity index (χ3v) is 4.53. The van der Waals surface area contributed by atoms with Crippen LogP contribution in [0.25, 0.3) is 0 Å². The predicted molar refractivity (Wildman–Crippen MR) is 66.2 cm³/mol. The first kappa shape index (κ1) is 12.0. The maximum atomic E-state index is 12.9. The molecule has 2 heterocycles. The number of nitrogens with two attached hydrogens (primary N) is 1. The molecule has 0 saturated carbocycles. The maximum Gasteiger partial charge on any atom is 0.176 e. The lowest BCUT2D eigenvalue weighted by atomic mass is 9.82. The third-order valence-electron chi connectivity index (χ3n) is 3.59. The molecule has 1 fully saturated rings. The van der Waals surface area contributed by atoms with Crippen LogP contribution in [0.3, 0.4) is 0 Å². The van der Waals surface area contributed by atoms with Crippen molar-refractivity contribution in [2.75, 3.05) is 26.7 Å². The number of aryl methyl sites for hydroxylation is 1. The van der Waals surface area contributed by atoms with Crippen molar-refractivity contribution in [2.45, 2.75) is 19.3 Å². The lowest BCUT2D eigenvalue weighted by Crippen LogP contribution is -2.33. The highest BCUT2D eigenvalue weighted by Crippen LogP contribution is 2.34. The molecule has 0 radical (unpaired) electrons. The number of thiophene rings is 1. The van der Waals surface area contributed by atoms with E-state index in [1.807, 2.05) is 6.07 Å². The van der Waals surface area contributed by atoms with Crippen LogP contribution in [-0.4, -0.2) is 31.6 Å². The zero-order chi connectivity index (χ0) is 11.6. The second-order valence-corrected chi connectivity index (χ2v) is 6.02. The van der Waals surface area contributed by atoms with Gasteiger partial charge in [0.2, 0.25) is 0 Å². The van der Waals surface area contributed by atoms with Crippen molar-refractivity contribution in [3.05, 3.63) is 22.1 Å². The van der Waals surface area contributed by atoms with Crippen LogP contribution in [0, 0.1) is 10.5 Å². The van der Waals surface area contributed by atoms with Crippen LogP contribution in [0.2, 0.25) is 0 Å². The Bertz CT molecular complexity index is 353. The van der Waals surface area contributed by atoms with Gasteiger partial charge in [-0.15, -0.1) is 11.3 Å². The van der Waals surface area contributed by atoms with Crippen LogP contribution in [0.4, 0.5) is 4.39 Å². The summed E-state index contributed by atoms with van der Waals surface area (Å²) in [6.07, 6.45) is 3.21. The highest BCUT2D eigenvalue weighted by atomic mass is 32.1. The summed E-state index contributed by atoms with van der Waals surface area (Å²) in [5, 5.41) is -0.0830. The molecule has 0 aromatic carbocycles. The van der Waals surface area contributed by atoms with Gasteiger partial charge in [0.05, 0.1) is 0 Å². The molecule has 2 nitrogen and oxygen atoms in total. The fraction of sp³-hybridized carbons (Fsp3) is 0.667. The summed E-state index contributed by atoms with van der Waals surface area (Å²) < 4.78 is 12.9. The second-order valence-electron chi connectivity index (χ2n) is 4.90. The van der Waals surface area contributed by atoms with Crippen LogP contribution < -0.4 is 5.73 Å². The number of hydrogen-bond acceptors (Lipinski definition) is 3. The summed E-state index contributed by atoms with van der Waals surface area (Å²) in [5.74, 6) is 0. The van der Waals surface area contributed by atoms with Crippen molar-refractivity contribution >= 4 is 11.3 Å². The largest absolute Gasteiger partial charge is 0.330 e. The Labute approximate surface area is 100 Å². The summed E-state index contributed by atoms with van der Waals surface area (Å²) in [6, 6.07) is 3.44. The lowest BCUT2D eigenvalue weighted by Gasteiger charge is -2.26. The van der Waals surface area contributed by atoms with Gasteiger partial charge in [-0.2, -0.15) is 4.39 Å². The summed E-state index contributed by atoms with van der Waals surface area (Å²) in [5.41, 5.74) is 6.16. The summed E-state index contributed by atoms with van der Waals surface area (Å²) >= 11 is 1.26. The average molecular weight is 242 g/mol. The van der Waals surface area contributed by atoms with E-state index in [1.165, 1.54) is 17.8 Å². The second kappa shape index (κ2) is 4.82. The number of hydrogen-bond donors (Lipinski definition) is 1. The van der Waals surface area contributed by atoms with Crippen LogP contribution in [0.15, 0.2) is 12.1 Å². The molecule has 1 aromatic heterocycles. The van der Waals surface area contributed by atoms with Crippen LogP contribution >= 0.6 is 11.3 Å². The molecule has 1 aromatic rings. The molecule has 0 bridgehead atoms. The smallest absolute Gasteiger partial charge is 0.176 e. The molecule has 90 valence electrons. The van der Waals surface area contributed by atoms with Gasteiger partial charge < -0.3 is 10.6 Å². The Morgan fingerprint density at radius 1 is 1.56 bits per heavy atom. The van der Waals surface area contributed by atoms with E-state index < -0.39 is 0 Å². The van der Waals surface area contributed by atoms with Crippen LogP contribution in [-0.2, 0) is 6.42 Å².